The van der Waals surface area contributed by atoms with Gasteiger partial charge < -0.3 is 9.47 Å². The molecule has 8 nitrogen and oxygen atoms in total. The van der Waals surface area contributed by atoms with Crippen LogP contribution in [0.25, 0.3) is 11.0 Å². The average Bonchev–Trinajstić information content (AvgIpc) is 3.44. The van der Waals surface area contributed by atoms with E-state index in [-0.39, 0.29) is 5.91 Å². The van der Waals surface area contributed by atoms with Crippen molar-refractivity contribution in [3.63, 3.8) is 0 Å². The Kier molecular flexibility index (Phi) is 5.25. The number of para-hydroxylation sites is 1. The van der Waals surface area contributed by atoms with Gasteiger partial charge in [0, 0.05) is 12.5 Å². The summed E-state index contributed by atoms with van der Waals surface area (Å²) in [6, 6.07) is 25.1. The average molecular weight is 427 g/mol. The molecule has 0 saturated carbocycles. The zero-order valence-electron chi connectivity index (χ0n) is 17.5. The Morgan fingerprint density at radius 1 is 1.00 bits per heavy atom. The molecular formula is C24H21N5O3. The highest BCUT2D eigenvalue weighted by molar-refractivity contribution is 5.96. The SMILES string of the molecule is CC(=O)N1N=C(c2ccc(OCc3ccccc3)cc2)OC1Cn1nnc2ccccc21. The first-order chi connectivity index (χ1) is 15.7. The van der Waals surface area contributed by atoms with Gasteiger partial charge in [0.15, 0.2) is 0 Å². The van der Waals surface area contributed by atoms with Gasteiger partial charge in [-0.1, -0.05) is 47.7 Å². The molecule has 0 bridgehead atoms. The molecule has 4 aromatic rings. The van der Waals surface area contributed by atoms with E-state index in [0.29, 0.717) is 19.0 Å². The number of hydrazone groups is 1. The maximum absolute atomic E-state index is 12.2. The zero-order chi connectivity index (χ0) is 21.9. The number of carbonyl (C=O) groups is 1. The standard InChI is InChI=1S/C24H21N5O3/c1-17(30)29-23(15-28-22-10-6-5-9-21(22)25-27-28)32-24(26-29)19-11-13-20(14-12-19)31-16-18-7-3-2-4-8-18/h2-14,23H,15-16H2,1H3. The number of ether oxygens (including phenoxy) is 2. The summed E-state index contributed by atoms with van der Waals surface area (Å²) in [4.78, 5) is 12.2. The molecule has 1 atom stereocenters. The van der Waals surface area contributed by atoms with Crippen LogP contribution in [0.5, 0.6) is 5.75 Å². The normalized spacial score (nSPS) is 15.5. The first-order valence-electron chi connectivity index (χ1n) is 10.3. The Balaban J connectivity index is 1.29. The minimum absolute atomic E-state index is 0.211. The maximum atomic E-state index is 12.2. The minimum Gasteiger partial charge on any atom is -0.489 e. The quantitative estimate of drug-likeness (QED) is 0.470. The van der Waals surface area contributed by atoms with E-state index in [1.165, 1.54) is 11.9 Å². The molecule has 1 aliphatic rings. The number of hydrogen-bond donors (Lipinski definition) is 0. The van der Waals surface area contributed by atoms with Crippen molar-refractivity contribution >= 4 is 22.8 Å². The lowest BCUT2D eigenvalue weighted by Gasteiger charge is -2.18. The minimum atomic E-state index is -0.610. The van der Waals surface area contributed by atoms with E-state index in [0.717, 1.165) is 27.9 Å². The fourth-order valence-electron chi connectivity index (χ4n) is 3.51. The summed E-state index contributed by atoms with van der Waals surface area (Å²) in [6.45, 7) is 2.26. The number of hydrogen-bond acceptors (Lipinski definition) is 6. The van der Waals surface area contributed by atoms with Gasteiger partial charge in [-0.15, -0.1) is 10.2 Å². The molecule has 1 amide bonds. The molecule has 1 unspecified atom stereocenters. The summed E-state index contributed by atoms with van der Waals surface area (Å²) in [6.07, 6.45) is -0.610. The van der Waals surface area contributed by atoms with Crippen LogP contribution in [-0.4, -0.2) is 38.0 Å². The first kappa shape index (κ1) is 19.7. The van der Waals surface area contributed by atoms with Crippen LogP contribution >= 0.6 is 0 Å². The Labute approximate surface area is 184 Å². The second-order valence-corrected chi connectivity index (χ2v) is 7.40. The Bertz CT molecular complexity index is 1270. The summed E-state index contributed by atoms with van der Waals surface area (Å²) in [7, 11) is 0. The Morgan fingerprint density at radius 3 is 2.53 bits per heavy atom. The predicted octanol–water partition coefficient (Wildman–Crippen LogP) is 3.58. The van der Waals surface area contributed by atoms with Crippen molar-refractivity contribution in [3.8, 4) is 5.75 Å². The highest BCUT2D eigenvalue weighted by Crippen LogP contribution is 2.22. The van der Waals surface area contributed by atoms with E-state index in [2.05, 4.69) is 15.4 Å². The van der Waals surface area contributed by atoms with Crippen LogP contribution in [0, 0.1) is 0 Å². The molecule has 0 aliphatic carbocycles. The molecule has 5 rings (SSSR count). The largest absolute Gasteiger partial charge is 0.489 e. The molecule has 0 fully saturated rings. The third-order valence-corrected chi connectivity index (χ3v) is 5.14. The van der Waals surface area contributed by atoms with Crippen LogP contribution in [0.1, 0.15) is 18.1 Å². The van der Waals surface area contributed by atoms with Gasteiger partial charge in [-0.3, -0.25) is 4.79 Å². The number of carbonyl (C=O) groups excluding carboxylic acids is 1. The topological polar surface area (TPSA) is 81.8 Å². The molecule has 2 heterocycles. The first-order valence-corrected chi connectivity index (χ1v) is 10.3. The smallest absolute Gasteiger partial charge is 0.243 e. The van der Waals surface area contributed by atoms with E-state index in [1.807, 2.05) is 78.9 Å². The molecule has 0 radical (unpaired) electrons. The summed E-state index contributed by atoms with van der Waals surface area (Å²) < 4.78 is 13.6. The molecule has 1 aliphatic heterocycles. The van der Waals surface area contributed by atoms with Crippen molar-refractivity contribution < 1.29 is 14.3 Å². The Hall–Kier alpha value is -4.20. The molecule has 160 valence electrons. The van der Waals surface area contributed by atoms with E-state index in [4.69, 9.17) is 9.47 Å². The van der Waals surface area contributed by atoms with Crippen molar-refractivity contribution in [2.24, 2.45) is 5.10 Å². The predicted molar refractivity (Wildman–Crippen MR) is 119 cm³/mol. The summed E-state index contributed by atoms with van der Waals surface area (Å²) in [5.74, 6) is 0.909. The van der Waals surface area contributed by atoms with Crippen LogP contribution in [0.15, 0.2) is 84.0 Å². The molecule has 0 N–H and O–H groups in total. The van der Waals surface area contributed by atoms with Gasteiger partial charge in [0.25, 0.3) is 0 Å². The molecule has 32 heavy (non-hydrogen) atoms. The number of amides is 1. The third-order valence-electron chi connectivity index (χ3n) is 5.14. The monoisotopic (exact) mass is 427 g/mol. The van der Waals surface area contributed by atoms with Crippen LogP contribution in [0.2, 0.25) is 0 Å². The van der Waals surface area contributed by atoms with Gasteiger partial charge in [0.2, 0.25) is 18.0 Å². The number of aromatic nitrogens is 3. The van der Waals surface area contributed by atoms with Crippen molar-refractivity contribution in [1.29, 1.82) is 0 Å². The molecule has 1 aromatic heterocycles. The van der Waals surface area contributed by atoms with Crippen LogP contribution in [0.4, 0.5) is 0 Å². The number of nitrogens with zero attached hydrogens (tertiary/aromatic N) is 5. The lowest BCUT2D eigenvalue weighted by atomic mass is 10.2. The number of fused-ring (bicyclic) bond motifs is 1. The van der Waals surface area contributed by atoms with Crippen LogP contribution in [-0.2, 0) is 22.7 Å². The Morgan fingerprint density at radius 2 is 1.75 bits per heavy atom. The summed E-state index contributed by atoms with van der Waals surface area (Å²) in [5, 5.41) is 14.1. The van der Waals surface area contributed by atoms with Crippen LogP contribution < -0.4 is 4.74 Å². The fraction of sp³-hybridized carbons (Fsp3) is 0.167. The lowest BCUT2D eigenvalue weighted by molar-refractivity contribution is -0.135. The van der Waals surface area contributed by atoms with Crippen molar-refractivity contribution in [2.75, 3.05) is 0 Å². The highest BCUT2D eigenvalue weighted by atomic mass is 16.5. The zero-order valence-corrected chi connectivity index (χ0v) is 17.5. The van der Waals surface area contributed by atoms with Crippen molar-refractivity contribution in [2.45, 2.75) is 26.3 Å². The second-order valence-electron chi connectivity index (χ2n) is 7.40. The highest BCUT2D eigenvalue weighted by Gasteiger charge is 2.32. The molecule has 0 saturated heterocycles. The molecule has 0 spiro atoms. The summed E-state index contributed by atoms with van der Waals surface area (Å²) >= 11 is 0. The lowest BCUT2D eigenvalue weighted by Crippen LogP contribution is -2.35. The van der Waals surface area contributed by atoms with Gasteiger partial charge in [-0.05, 0) is 42.0 Å². The fourth-order valence-corrected chi connectivity index (χ4v) is 3.51. The van der Waals surface area contributed by atoms with Crippen LogP contribution in [0.3, 0.4) is 0 Å². The van der Waals surface area contributed by atoms with Gasteiger partial charge >= 0.3 is 0 Å². The maximum Gasteiger partial charge on any atom is 0.243 e. The van der Waals surface area contributed by atoms with E-state index < -0.39 is 6.23 Å². The van der Waals surface area contributed by atoms with E-state index in [1.54, 1.807) is 4.68 Å². The van der Waals surface area contributed by atoms with Crippen molar-refractivity contribution in [1.82, 2.24) is 20.0 Å². The van der Waals surface area contributed by atoms with Crippen molar-refractivity contribution in [3.05, 3.63) is 90.0 Å². The van der Waals surface area contributed by atoms with Gasteiger partial charge in [0.05, 0.1) is 5.52 Å². The van der Waals surface area contributed by atoms with Gasteiger partial charge in [0.1, 0.15) is 24.4 Å². The summed E-state index contributed by atoms with van der Waals surface area (Å²) in [5.41, 5.74) is 3.51. The third kappa shape index (κ3) is 4.02. The van der Waals surface area contributed by atoms with Gasteiger partial charge in [-0.2, -0.15) is 5.01 Å². The number of rotatable bonds is 6. The molecule has 3 aromatic carbocycles. The van der Waals surface area contributed by atoms with E-state index in [9.17, 15) is 4.79 Å². The van der Waals surface area contributed by atoms with Gasteiger partial charge in [-0.25, -0.2) is 4.68 Å². The molecule has 8 heteroatoms. The second kappa shape index (κ2) is 8.50. The number of benzene rings is 3. The molecular weight excluding hydrogens is 406 g/mol. The van der Waals surface area contributed by atoms with E-state index >= 15 is 0 Å².